The number of phenolic OH excluding ortho intramolecular Hbond substituents is 11. The molecule has 0 spiro atoms. The first-order valence-electron chi connectivity index (χ1n) is 23.9. The van der Waals surface area contributed by atoms with Crippen molar-refractivity contribution in [3.8, 4) is 92.0 Å². The molecule has 11 N–H and O–H groups in total. The fourth-order valence-corrected chi connectivity index (χ4v) is 12.3. The SMILES string of the molecule is COc1cc(C2c3c(O)cc(O)cc3C(=Cc3ccc(OC45c6cc(O)cc(O)c6C(c6ccc(O)c(OC)c6)C(c6cc(O)cc(O)c64)C5c4ccc(O)c(OC)c4)c(OC)c3)C2c2cc(O)cc(O)c2)ccc1O. The second-order valence-electron chi connectivity index (χ2n) is 19.1. The summed E-state index contributed by atoms with van der Waals surface area (Å²) in [5.41, 5.74) is 3.09. The maximum absolute atomic E-state index is 12.3. The Bertz CT molecular complexity index is 3700. The Morgan fingerprint density at radius 1 is 0.395 bits per heavy atom. The molecule has 0 aromatic heterocycles. The van der Waals surface area contributed by atoms with Crippen LogP contribution < -0.4 is 23.7 Å². The van der Waals surface area contributed by atoms with Crippen LogP contribution in [0.3, 0.4) is 0 Å². The molecule has 2 bridgehead atoms. The second-order valence-corrected chi connectivity index (χ2v) is 19.1. The molecule has 0 amide bonds. The van der Waals surface area contributed by atoms with Crippen LogP contribution in [0.2, 0.25) is 0 Å². The summed E-state index contributed by atoms with van der Waals surface area (Å²) in [6, 6.07) is 31.5. The third kappa shape index (κ3) is 7.50. The van der Waals surface area contributed by atoms with Gasteiger partial charge in [-0.3, -0.25) is 0 Å². The molecule has 0 saturated carbocycles. The first kappa shape index (κ1) is 48.6. The smallest absolute Gasteiger partial charge is 0.171 e. The van der Waals surface area contributed by atoms with E-state index in [1.54, 1.807) is 60.7 Å². The van der Waals surface area contributed by atoms with Crippen molar-refractivity contribution in [2.24, 2.45) is 0 Å². The van der Waals surface area contributed by atoms with E-state index in [1.165, 1.54) is 101 Å². The minimum absolute atomic E-state index is 0.101. The molecule has 0 fully saturated rings. The molecule has 6 unspecified atom stereocenters. The summed E-state index contributed by atoms with van der Waals surface area (Å²) in [6.07, 6.45) is 1.80. The molecule has 0 radical (unpaired) electrons. The van der Waals surface area contributed by atoms with Crippen molar-refractivity contribution < 1.29 is 79.9 Å². The maximum atomic E-state index is 12.3. The molecule has 16 heteroatoms. The normalized spacial score (nSPS) is 20.4. The third-order valence-electron chi connectivity index (χ3n) is 15.1. The topological polar surface area (TPSA) is 269 Å². The average molecular weight is 1030 g/mol. The predicted octanol–water partition coefficient (Wildman–Crippen LogP) is 10.3. The van der Waals surface area contributed by atoms with E-state index in [-0.39, 0.29) is 109 Å². The zero-order valence-electron chi connectivity index (χ0n) is 41.0. The van der Waals surface area contributed by atoms with Crippen molar-refractivity contribution in [2.45, 2.75) is 35.2 Å². The molecule has 3 aliphatic carbocycles. The van der Waals surface area contributed by atoms with E-state index in [1.807, 2.05) is 0 Å². The average Bonchev–Trinajstić information content (AvgIpc) is 3.83. The Balaban J connectivity index is 1.15. The number of hydrogen-bond acceptors (Lipinski definition) is 16. The van der Waals surface area contributed by atoms with Gasteiger partial charge in [0.15, 0.2) is 51.6 Å². The van der Waals surface area contributed by atoms with Crippen molar-refractivity contribution >= 4 is 11.6 Å². The monoisotopic (exact) mass is 1030 g/mol. The molecule has 6 atom stereocenters. The minimum Gasteiger partial charge on any atom is -0.508 e. The molecule has 0 heterocycles. The number of ether oxygens (including phenoxy) is 5. The van der Waals surface area contributed by atoms with E-state index < -0.39 is 35.2 Å². The Morgan fingerprint density at radius 3 is 1.51 bits per heavy atom. The van der Waals surface area contributed by atoms with Crippen molar-refractivity contribution in [1.29, 1.82) is 0 Å². The summed E-state index contributed by atoms with van der Waals surface area (Å²) in [4.78, 5) is 0. The molecule has 386 valence electrons. The van der Waals surface area contributed by atoms with E-state index in [9.17, 15) is 56.2 Å². The summed E-state index contributed by atoms with van der Waals surface area (Å²) < 4.78 is 30.3. The van der Waals surface area contributed by atoms with E-state index in [0.29, 0.717) is 50.1 Å². The van der Waals surface area contributed by atoms with Crippen molar-refractivity contribution in [3.05, 3.63) is 189 Å². The summed E-state index contributed by atoms with van der Waals surface area (Å²) in [5.74, 6) is -6.26. The lowest BCUT2D eigenvalue weighted by Gasteiger charge is -2.47. The summed E-state index contributed by atoms with van der Waals surface area (Å²) in [5, 5.41) is 124. The highest BCUT2D eigenvalue weighted by atomic mass is 16.5. The fourth-order valence-electron chi connectivity index (χ4n) is 12.3. The van der Waals surface area contributed by atoms with Gasteiger partial charge < -0.3 is 79.9 Å². The Hall–Kier alpha value is -9.70. The van der Waals surface area contributed by atoms with Gasteiger partial charge in [-0.25, -0.2) is 0 Å². The zero-order valence-corrected chi connectivity index (χ0v) is 41.0. The zero-order chi connectivity index (χ0) is 53.6. The maximum Gasteiger partial charge on any atom is 0.171 e. The first-order valence-corrected chi connectivity index (χ1v) is 23.9. The van der Waals surface area contributed by atoms with Gasteiger partial charge in [-0.2, -0.15) is 0 Å². The molecular weight excluding hydrogens is 977 g/mol. The lowest BCUT2D eigenvalue weighted by atomic mass is 9.60. The van der Waals surface area contributed by atoms with Crippen molar-refractivity contribution in [3.63, 3.8) is 0 Å². The van der Waals surface area contributed by atoms with Gasteiger partial charge in [0.2, 0.25) is 0 Å². The Labute approximate surface area is 434 Å². The van der Waals surface area contributed by atoms with Crippen LogP contribution in [0.1, 0.15) is 90.8 Å². The number of aromatic hydroxyl groups is 11. The predicted molar refractivity (Wildman–Crippen MR) is 277 cm³/mol. The number of allylic oxidation sites excluding steroid dienone is 1. The summed E-state index contributed by atoms with van der Waals surface area (Å²) in [7, 11) is 5.63. The van der Waals surface area contributed by atoms with Crippen molar-refractivity contribution in [2.75, 3.05) is 28.4 Å². The molecule has 16 nitrogen and oxygen atoms in total. The first-order chi connectivity index (χ1) is 36.5. The van der Waals surface area contributed by atoms with E-state index >= 15 is 0 Å². The van der Waals surface area contributed by atoms with Crippen LogP contribution in [0.25, 0.3) is 11.6 Å². The van der Waals surface area contributed by atoms with Crippen LogP contribution in [0.5, 0.6) is 92.0 Å². The lowest BCUT2D eigenvalue weighted by molar-refractivity contribution is 0.0648. The highest BCUT2D eigenvalue weighted by Gasteiger charge is 2.65. The van der Waals surface area contributed by atoms with Gasteiger partial charge in [-0.1, -0.05) is 30.3 Å². The number of rotatable bonds is 11. The van der Waals surface area contributed by atoms with Crippen LogP contribution in [0.15, 0.2) is 127 Å². The standard InChI is InChI=1S/C60H50O16/c1-72-48-17-28(6-9-41(48)66)53-52(31-15-32(61)20-33(62)16-31)37(38-21-34(63)24-44(69)55(38)53)13-27-5-12-47(51(14-27)75-4)76-60-40-23-36(65)25-45(70)57(40)54(29-7-10-42(67)49(18-29)73-2)56(39-22-35(64)26-46(71)59(39)60)58(60)30-8-11-43(68)50(19-30)74-3/h5-26,52-54,56,58,61-71H,1-4H3. The van der Waals surface area contributed by atoms with Gasteiger partial charge in [-0.05, 0) is 123 Å². The Morgan fingerprint density at radius 2 is 0.908 bits per heavy atom. The van der Waals surface area contributed by atoms with Gasteiger partial charge >= 0.3 is 0 Å². The summed E-state index contributed by atoms with van der Waals surface area (Å²) in [6.45, 7) is 0. The quantitative estimate of drug-likeness (QED) is 0.0575. The van der Waals surface area contributed by atoms with Crippen LogP contribution in [0, 0.1) is 0 Å². The van der Waals surface area contributed by atoms with Gasteiger partial charge in [0.1, 0.15) is 46.0 Å². The molecule has 0 saturated heterocycles. The number of hydrogen-bond donors (Lipinski definition) is 11. The Kier molecular flexibility index (Phi) is 11.5. The third-order valence-corrected chi connectivity index (χ3v) is 15.1. The molecule has 0 aliphatic heterocycles. The molecular formula is C60H50O16. The van der Waals surface area contributed by atoms with Gasteiger partial charge in [0.05, 0.1) is 28.4 Å². The molecule has 8 aromatic rings. The lowest BCUT2D eigenvalue weighted by Crippen LogP contribution is -2.44. The molecule has 11 rings (SSSR count). The second kappa shape index (κ2) is 18.1. The number of benzene rings is 8. The van der Waals surface area contributed by atoms with Crippen molar-refractivity contribution in [1.82, 2.24) is 0 Å². The summed E-state index contributed by atoms with van der Waals surface area (Å²) >= 11 is 0. The minimum atomic E-state index is -1.91. The number of methoxy groups -OCH3 is 4. The highest BCUT2D eigenvalue weighted by Crippen LogP contribution is 2.72. The van der Waals surface area contributed by atoms with Crippen LogP contribution >= 0.6 is 0 Å². The van der Waals surface area contributed by atoms with E-state index in [4.69, 9.17) is 23.7 Å². The molecule has 8 aromatic carbocycles. The van der Waals surface area contributed by atoms with Gasteiger partial charge in [-0.15, -0.1) is 0 Å². The fraction of sp³-hybridized carbons (Fsp3) is 0.167. The van der Waals surface area contributed by atoms with E-state index in [0.717, 1.165) is 0 Å². The van der Waals surface area contributed by atoms with Crippen LogP contribution in [-0.2, 0) is 5.60 Å². The van der Waals surface area contributed by atoms with Gasteiger partial charge in [0, 0.05) is 76.1 Å². The molecule has 3 aliphatic rings. The van der Waals surface area contributed by atoms with Crippen LogP contribution in [-0.4, -0.2) is 84.6 Å². The van der Waals surface area contributed by atoms with Crippen LogP contribution in [0.4, 0.5) is 0 Å². The molecule has 76 heavy (non-hydrogen) atoms. The largest absolute Gasteiger partial charge is 0.508 e. The number of fused-ring (bicyclic) bond motifs is 8. The van der Waals surface area contributed by atoms with Gasteiger partial charge in [0.25, 0.3) is 0 Å². The van der Waals surface area contributed by atoms with E-state index in [2.05, 4.69) is 0 Å². The number of phenols is 11. The highest BCUT2D eigenvalue weighted by molar-refractivity contribution is 5.93.